The van der Waals surface area contributed by atoms with Crippen LogP contribution in [0.5, 0.6) is 0 Å². The summed E-state index contributed by atoms with van der Waals surface area (Å²) in [6.07, 6.45) is 8.01. The third-order valence-corrected chi connectivity index (χ3v) is 5.09. The number of carbonyl (C=O) groups is 1. The molecule has 3 rings (SSSR count). The van der Waals surface area contributed by atoms with Gasteiger partial charge in [-0.1, -0.05) is 0 Å². The molecule has 0 bridgehead atoms. The molecule has 0 aromatic heterocycles. The number of nitrogens with two attached hydrogens (primary N) is 1. The summed E-state index contributed by atoms with van der Waals surface area (Å²) in [6.45, 7) is 3.31. The van der Waals surface area contributed by atoms with Crippen molar-refractivity contribution in [2.24, 2.45) is 17.6 Å². The summed E-state index contributed by atoms with van der Waals surface area (Å²) in [7, 11) is 0. The molecule has 108 valence electrons. The predicted molar refractivity (Wildman–Crippen MR) is 75.6 cm³/mol. The molecule has 0 spiro atoms. The van der Waals surface area contributed by atoms with E-state index in [1.165, 1.54) is 32.4 Å². The van der Waals surface area contributed by atoms with Crippen molar-refractivity contribution in [3.8, 4) is 0 Å². The van der Waals surface area contributed by atoms with Crippen LogP contribution in [0.2, 0.25) is 0 Å². The number of nitrogens with zero attached hydrogens (tertiary/aromatic N) is 1. The zero-order valence-corrected chi connectivity index (χ0v) is 11.8. The summed E-state index contributed by atoms with van der Waals surface area (Å²) in [5.74, 6) is 1.17. The largest absolute Gasteiger partial charge is 0.356 e. The Morgan fingerprint density at radius 3 is 2.53 bits per heavy atom. The van der Waals surface area contributed by atoms with Crippen molar-refractivity contribution < 1.29 is 4.79 Å². The Morgan fingerprint density at radius 2 is 1.84 bits per heavy atom. The van der Waals surface area contributed by atoms with E-state index in [1.807, 2.05) is 0 Å². The lowest BCUT2D eigenvalue weighted by atomic mass is 9.86. The fraction of sp³-hybridized carbons (Fsp3) is 0.933. The number of likely N-dealkylation sites (tertiary alicyclic amines) is 1. The van der Waals surface area contributed by atoms with E-state index in [1.54, 1.807) is 0 Å². The van der Waals surface area contributed by atoms with Gasteiger partial charge in [0.1, 0.15) is 0 Å². The van der Waals surface area contributed by atoms with Gasteiger partial charge in [-0.25, -0.2) is 0 Å². The molecule has 1 amide bonds. The Labute approximate surface area is 116 Å². The fourth-order valence-corrected chi connectivity index (χ4v) is 3.57. The highest BCUT2D eigenvalue weighted by molar-refractivity contribution is 5.78. The van der Waals surface area contributed by atoms with Crippen LogP contribution in [0.25, 0.3) is 0 Å². The number of hydrogen-bond acceptors (Lipinski definition) is 3. The molecule has 1 aliphatic heterocycles. The zero-order valence-electron chi connectivity index (χ0n) is 11.8. The number of rotatable bonds is 4. The average molecular weight is 265 g/mol. The molecular formula is C15H27N3O. The van der Waals surface area contributed by atoms with Crippen molar-refractivity contribution in [1.82, 2.24) is 10.2 Å². The zero-order chi connectivity index (χ0) is 13.2. The standard InChI is InChI=1S/C15H27N3O/c16-13-3-1-12(2-4-13)15(19)17-9-11-7-8-18(10-11)14-5-6-14/h11-14H,1-10,16H2,(H,17,19). The maximum atomic E-state index is 12.1. The van der Waals surface area contributed by atoms with E-state index >= 15 is 0 Å². The summed E-state index contributed by atoms with van der Waals surface area (Å²) in [4.78, 5) is 14.7. The second kappa shape index (κ2) is 5.80. The molecule has 1 atom stereocenters. The van der Waals surface area contributed by atoms with Crippen LogP contribution >= 0.6 is 0 Å². The van der Waals surface area contributed by atoms with Crippen LogP contribution in [0.15, 0.2) is 0 Å². The highest BCUT2D eigenvalue weighted by atomic mass is 16.1. The first-order valence-electron chi connectivity index (χ1n) is 7.99. The van der Waals surface area contributed by atoms with Gasteiger partial charge in [-0.2, -0.15) is 0 Å². The van der Waals surface area contributed by atoms with Crippen LogP contribution in [-0.4, -0.2) is 42.5 Å². The first kappa shape index (κ1) is 13.4. The lowest BCUT2D eigenvalue weighted by molar-refractivity contribution is -0.126. The second-order valence-corrected chi connectivity index (χ2v) is 6.74. The summed E-state index contributed by atoms with van der Waals surface area (Å²) >= 11 is 0. The minimum absolute atomic E-state index is 0.223. The molecule has 19 heavy (non-hydrogen) atoms. The van der Waals surface area contributed by atoms with Gasteiger partial charge in [-0.15, -0.1) is 0 Å². The third kappa shape index (κ3) is 3.48. The lowest BCUT2D eigenvalue weighted by Crippen LogP contribution is -2.38. The number of carbonyl (C=O) groups excluding carboxylic acids is 1. The normalized spacial score (nSPS) is 36.4. The number of hydrogen-bond donors (Lipinski definition) is 2. The molecule has 2 aliphatic carbocycles. The first-order valence-corrected chi connectivity index (χ1v) is 7.99. The van der Waals surface area contributed by atoms with Gasteiger partial charge in [-0.3, -0.25) is 4.79 Å². The van der Waals surface area contributed by atoms with E-state index < -0.39 is 0 Å². The Balaban J connectivity index is 1.36. The van der Waals surface area contributed by atoms with Gasteiger partial charge < -0.3 is 16.0 Å². The van der Waals surface area contributed by atoms with Gasteiger partial charge in [0, 0.05) is 31.1 Å². The van der Waals surface area contributed by atoms with Crippen LogP contribution in [0.4, 0.5) is 0 Å². The van der Waals surface area contributed by atoms with Gasteiger partial charge in [0.05, 0.1) is 0 Å². The molecule has 1 saturated heterocycles. The van der Waals surface area contributed by atoms with Gasteiger partial charge in [0.25, 0.3) is 0 Å². The van der Waals surface area contributed by atoms with Gasteiger partial charge in [0.15, 0.2) is 0 Å². The maximum absolute atomic E-state index is 12.1. The van der Waals surface area contributed by atoms with E-state index in [0.717, 1.165) is 38.3 Å². The van der Waals surface area contributed by atoms with Gasteiger partial charge in [-0.05, 0) is 57.4 Å². The van der Waals surface area contributed by atoms with Crippen molar-refractivity contribution in [3.05, 3.63) is 0 Å². The van der Waals surface area contributed by atoms with Crippen molar-refractivity contribution in [2.45, 2.75) is 57.0 Å². The van der Waals surface area contributed by atoms with Crippen LogP contribution in [0.3, 0.4) is 0 Å². The maximum Gasteiger partial charge on any atom is 0.223 e. The average Bonchev–Trinajstić information content (AvgIpc) is 3.16. The minimum atomic E-state index is 0.223. The molecule has 1 unspecified atom stereocenters. The van der Waals surface area contributed by atoms with Crippen LogP contribution in [0, 0.1) is 11.8 Å². The molecule has 4 nitrogen and oxygen atoms in total. The van der Waals surface area contributed by atoms with E-state index in [4.69, 9.17) is 5.73 Å². The van der Waals surface area contributed by atoms with Crippen LogP contribution in [-0.2, 0) is 4.79 Å². The second-order valence-electron chi connectivity index (χ2n) is 6.74. The topological polar surface area (TPSA) is 58.4 Å². The Hall–Kier alpha value is -0.610. The smallest absolute Gasteiger partial charge is 0.223 e. The Kier molecular flexibility index (Phi) is 4.08. The van der Waals surface area contributed by atoms with Crippen molar-refractivity contribution in [2.75, 3.05) is 19.6 Å². The summed E-state index contributed by atoms with van der Waals surface area (Å²) in [5.41, 5.74) is 5.88. The monoisotopic (exact) mass is 265 g/mol. The van der Waals surface area contributed by atoms with E-state index in [2.05, 4.69) is 10.2 Å². The highest BCUT2D eigenvalue weighted by Gasteiger charge is 2.34. The molecule has 3 N–H and O–H groups in total. The van der Waals surface area contributed by atoms with E-state index in [-0.39, 0.29) is 11.8 Å². The molecule has 0 aromatic carbocycles. The lowest BCUT2D eigenvalue weighted by Gasteiger charge is -2.25. The molecular weight excluding hydrogens is 238 g/mol. The SMILES string of the molecule is NC1CCC(C(=O)NCC2CCN(C3CC3)C2)CC1. The van der Waals surface area contributed by atoms with Crippen molar-refractivity contribution in [3.63, 3.8) is 0 Å². The van der Waals surface area contributed by atoms with Gasteiger partial charge in [0.2, 0.25) is 5.91 Å². The fourth-order valence-electron chi connectivity index (χ4n) is 3.57. The molecule has 1 heterocycles. The summed E-state index contributed by atoms with van der Waals surface area (Å²) in [5, 5.41) is 3.18. The molecule has 4 heteroatoms. The third-order valence-electron chi connectivity index (χ3n) is 5.09. The number of nitrogens with one attached hydrogen (secondary N) is 1. The highest BCUT2D eigenvalue weighted by Crippen LogP contribution is 2.31. The molecule has 3 aliphatic rings. The Morgan fingerprint density at radius 1 is 1.11 bits per heavy atom. The number of amides is 1. The van der Waals surface area contributed by atoms with E-state index in [9.17, 15) is 4.79 Å². The Bertz CT molecular complexity index is 321. The minimum Gasteiger partial charge on any atom is -0.356 e. The van der Waals surface area contributed by atoms with Crippen molar-refractivity contribution in [1.29, 1.82) is 0 Å². The summed E-state index contributed by atoms with van der Waals surface area (Å²) < 4.78 is 0. The van der Waals surface area contributed by atoms with Crippen LogP contribution < -0.4 is 11.1 Å². The molecule has 3 fully saturated rings. The molecule has 2 saturated carbocycles. The van der Waals surface area contributed by atoms with Gasteiger partial charge >= 0.3 is 0 Å². The molecule has 0 radical (unpaired) electrons. The first-order chi connectivity index (χ1) is 9.22. The predicted octanol–water partition coefficient (Wildman–Crippen LogP) is 1.10. The van der Waals surface area contributed by atoms with E-state index in [0.29, 0.717) is 12.0 Å². The summed E-state index contributed by atoms with van der Waals surface area (Å²) in [6, 6.07) is 1.20. The van der Waals surface area contributed by atoms with Crippen molar-refractivity contribution >= 4 is 5.91 Å². The molecule has 0 aromatic rings. The quantitative estimate of drug-likeness (QED) is 0.800. The van der Waals surface area contributed by atoms with Crippen LogP contribution in [0.1, 0.15) is 44.9 Å².